The Morgan fingerprint density at radius 3 is 2.87 bits per heavy atom. The lowest BCUT2D eigenvalue weighted by molar-refractivity contribution is 0.0508. The first-order chi connectivity index (χ1) is 7.13. The normalized spacial score (nSPS) is 12.4. The van der Waals surface area contributed by atoms with Crippen molar-refractivity contribution in [1.29, 1.82) is 0 Å². The van der Waals surface area contributed by atoms with Crippen LogP contribution in [-0.2, 0) is 11.3 Å². The Morgan fingerprint density at radius 2 is 2.27 bits per heavy atom. The molecule has 0 spiro atoms. The molecule has 1 rings (SSSR count). The third-order valence-corrected chi connectivity index (χ3v) is 2.56. The second kappa shape index (κ2) is 5.83. The van der Waals surface area contributed by atoms with Gasteiger partial charge < -0.3 is 10.5 Å². The highest BCUT2D eigenvalue weighted by molar-refractivity contribution is 7.80. The number of benzene rings is 1. The first-order valence-corrected chi connectivity index (χ1v) is 5.54. The SMILES string of the molecule is CCC(C)OCc1cccc(C(N)=S)c1. The minimum Gasteiger partial charge on any atom is -0.389 e. The van der Waals surface area contributed by atoms with Crippen LogP contribution in [0.1, 0.15) is 31.4 Å². The van der Waals surface area contributed by atoms with Crippen LogP contribution in [0.5, 0.6) is 0 Å². The van der Waals surface area contributed by atoms with Crippen molar-refractivity contribution < 1.29 is 4.74 Å². The highest BCUT2D eigenvalue weighted by Crippen LogP contribution is 2.08. The van der Waals surface area contributed by atoms with Crippen LogP contribution in [0.25, 0.3) is 0 Å². The quantitative estimate of drug-likeness (QED) is 0.779. The zero-order valence-corrected chi connectivity index (χ0v) is 10.0. The summed E-state index contributed by atoms with van der Waals surface area (Å²) in [4.78, 5) is 0.431. The minimum absolute atomic E-state index is 0.290. The molecule has 1 aromatic carbocycles. The van der Waals surface area contributed by atoms with Crippen LogP contribution in [0.2, 0.25) is 0 Å². The number of hydrogen-bond acceptors (Lipinski definition) is 2. The molecule has 82 valence electrons. The summed E-state index contributed by atoms with van der Waals surface area (Å²) in [6.45, 7) is 4.79. The molecule has 1 atom stereocenters. The molecule has 1 unspecified atom stereocenters. The molecular weight excluding hydrogens is 206 g/mol. The molecular formula is C12H17NOS. The standard InChI is InChI=1S/C12H17NOS/c1-3-9(2)14-8-10-5-4-6-11(7-10)12(13)15/h4-7,9H,3,8H2,1-2H3,(H2,13,15). The molecule has 0 heterocycles. The van der Waals surface area contributed by atoms with E-state index in [-0.39, 0.29) is 0 Å². The summed E-state index contributed by atoms with van der Waals surface area (Å²) in [6, 6.07) is 7.85. The molecule has 0 fully saturated rings. The summed E-state index contributed by atoms with van der Waals surface area (Å²) in [5.41, 5.74) is 7.57. The van der Waals surface area contributed by atoms with Crippen molar-refractivity contribution in [3.05, 3.63) is 35.4 Å². The smallest absolute Gasteiger partial charge is 0.103 e. The van der Waals surface area contributed by atoms with Crippen LogP contribution >= 0.6 is 12.2 Å². The lowest BCUT2D eigenvalue weighted by Gasteiger charge is -2.11. The van der Waals surface area contributed by atoms with Crippen LogP contribution in [-0.4, -0.2) is 11.1 Å². The average molecular weight is 223 g/mol. The summed E-state index contributed by atoms with van der Waals surface area (Å²) in [6.07, 6.45) is 1.31. The van der Waals surface area contributed by atoms with Gasteiger partial charge in [0.15, 0.2) is 0 Å². The van der Waals surface area contributed by atoms with E-state index in [4.69, 9.17) is 22.7 Å². The Hall–Kier alpha value is -0.930. The highest BCUT2D eigenvalue weighted by atomic mass is 32.1. The Labute approximate surface area is 96.4 Å². The van der Waals surface area contributed by atoms with Crippen molar-refractivity contribution in [2.24, 2.45) is 5.73 Å². The Kier molecular flexibility index (Phi) is 4.72. The van der Waals surface area contributed by atoms with Crippen molar-refractivity contribution >= 4 is 17.2 Å². The van der Waals surface area contributed by atoms with Crippen molar-refractivity contribution in [3.63, 3.8) is 0 Å². The molecule has 1 aromatic rings. The van der Waals surface area contributed by atoms with Crippen LogP contribution in [0.15, 0.2) is 24.3 Å². The van der Waals surface area contributed by atoms with Crippen LogP contribution in [0.4, 0.5) is 0 Å². The molecule has 0 saturated heterocycles. The molecule has 0 bridgehead atoms. The molecule has 2 nitrogen and oxygen atoms in total. The maximum atomic E-state index is 5.63. The van der Waals surface area contributed by atoms with Gasteiger partial charge in [0.05, 0.1) is 12.7 Å². The predicted molar refractivity (Wildman–Crippen MR) is 66.9 cm³/mol. The third kappa shape index (κ3) is 3.98. The zero-order chi connectivity index (χ0) is 11.3. The topological polar surface area (TPSA) is 35.2 Å². The molecule has 15 heavy (non-hydrogen) atoms. The molecule has 0 radical (unpaired) electrons. The van der Waals surface area contributed by atoms with Gasteiger partial charge in [-0.15, -0.1) is 0 Å². The van der Waals surface area contributed by atoms with E-state index in [0.29, 0.717) is 17.7 Å². The van der Waals surface area contributed by atoms with Gasteiger partial charge in [-0.25, -0.2) is 0 Å². The van der Waals surface area contributed by atoms with E-state index in [2.05, 4.69) is 13.8 Å². The molecule has 0 saturated carbocycles. The van der Waals surface area contributed by atoms with E-state index in [1.165, 1.54) is 0 Å². The van der Waals surface area contributed by atoms with Crippen molar-refractivity contribution in [2.45, 2.75) is 33.0 Å². The fourth-order valence-electron chi connectivity index (χ4n) is 1.17. The number of hydrogen-bond donors (Lipinski definition) is 1. The van der Waals surface area contributed by atoms with Crippen LogP contribution in [0.3, 0.4) is 0 Å². The van der Waals surface area contributed by atoms with Crippen LogP contribution < -0.4 is 5.73 Å². The maximum absolute atomic E-state index is 5.63. The minimum atomic E-state index is 0.290. The largest absolute Gasteiger partial charge is 0.389 e. The van der Waals surface area contributed by atoms with Gasteiger partial charge in [0, 0.05) is 5.56 Å². The van der Waals surface area contributed by atoms with Crippen molar-refractivity contribution in [1.82, 2.24) is 0 Å². The van der Waals surface area contributed by atoms with E-state index in [0.717, 1.165) is 17.5 Å². The average Bonchev–Trinajstić information content (AvgIpc) is 2.26. The Morgan fingerprint density at radius 1 is 1.53 bits per heavy atom. The number of rotatable bonds is 5. The van der Waals surface area contributed by atoms with Gasteiger partial charge in [0.1, 0.15) is 4.99 Å². The van der Waals surface area contributed by atoms with Gasteiger partial charge in [-0.3, -0.25) is 0 Å². The van der Waals surface area contributed by atoms with E-state index >= 15 is 0 Å². The summed E-state index contributed by atoms with van der Waals surface area (Å²) in [5, 5.41) is 0. The number of ether oxygens (including phenoxy) is 1. The van der Waals surface area contributed by atoms with Gasteiger partial charge in [-0.05, 0) is 25.0 Å². The van der Waals surface area contributed by atoms with E-state index in [1.54, 1.807) is 0 Å². The predicted octanol–water partition coefficient (Wildman–Crippen LogP) is 2.64. The molecule has 0 aliphatic heterocycles. The Bertz CT molecular complexity index is 338. The van der Waals surface area contributed by atoms with Crippen molar-refractivity contribution in [2.75, 3.05) is 0 Å². The summed E-state index contributed by atoms with van der Waals surface area (Å²) < 4.78 is 5.63. The van der Waals surface area contributed by atoms with E-state index in [1.807, 2.05) is 24.3 Å². The summed E-state index contributed by atoms with van der Waals surface area (Å²) >= 11 is 4.92. The first kappa shape index (κ1) is 12.1. The number of nitrogens with two attached hydrogens (primary N) is 1. The van der Waals surface area contributed by atoms with Gasteiger partial charge in [-0.1, -0.05) is 37.3 Å². The second-order valence-electron chi connectivity index (χ2n) is 3.59. The highest BCUT2D eigenvalue weighted by Gasteiger charge is 2.01. The fraction of sp³-hybridized carbons (Fsp3) is 0.417. The molecule has 2 N–H and O–H groups in total. The lowest BCUT2D eigenvalue weighted by Crippen LogP contribution is -2.10. The van der Waals surface area contributed by atoms with E-state index < -0.39 is 0 Å². The maximum Gasteiger partial charge on any atom is 0.103 e. The van der Waals surface area contributed by atoms with Gasteiger partial charge in [0.25, 0.3) is 0 Å². The number of thiocarbonyl (C=S) groups is 1. The van der Waals surface area contributed by atoms with Gasteiger partial charge in [0.2, 0.25) is 0 Å². The lowest BCUT2D eigenvalue weighted by atomic mass is 10.1. The Balaban J connectivity index is 2.62. The third-order valence-electron chi connectivity index (χ3n) is 2.32. The van der Waals surface area contributed by atoms with Gasteiger partial charge in [-0.2, -0.15) is 0 Å². The monoisotopic (exact) mass is 223 g/mol. The molecule has 0 aromatic heterocycles. The molecule has 0 amide bonds. The molecule has 0 aliphatic carbocycles. The van der Waals surface area contributed by atoms with E-state index in [9.17, 15) is 0 Å². The van der Waals surface area contributed by atoms with Gasteiger partial charge >= 0.3 is 0 Å². The summed E-state index contributed by atoms with van der Waals surface area (Å²) in [7, 11) is 0. The molecule has 0 aliphatic rings. The zero-order valence-electron chi connectivity index (χ0n) is 9.19. The van der Waals surface area contributed by atoms with Crippen LogP contribution in [0, 0.1) is 0 Å². The molecule has 3 heteroatoms. The second-order valence-corrected chi connectivity index (χ2v) is 4.03. The van der Waals surface area contributed by atoms with Crippen molar-refractivity contribution in [3.8, 4) is 0 Å². The summed E-state index contributed by atoms with van der Waals surface area (Å²) in [5.74, 6) is 0. The fourth-order valence-corrected chi connectivity index (χ4v) is 1.30. The first-order valence-electron chi connectivity index (χ1n) is 5.13.